The molecule has 0 radical (unpaired) electrons. The Hall–Kier alpha value is -1.94. The van der Waals surface area contributed by atoms with E-state index >= 15 is 0 Å². The molecule has 1 aromatic carbocycles. The maximum Gasteiger partial charge on any atom is 0.339 e. The van der Waals surface area contributed by atoms with Crippen LogP contribution in [0.4, 0.5) is 0 Å². The van der Waals surface area contributed by atoms with Crippen molar-refractivity contribution in [3.05, 3.63) is 47.5 Å². The Balaban J connectivity index is 1.24. The minimum atomic E-state index is -1.35. The first-order valence-corrected chi connectivity index (χ1v) is 16.0. The summed E-state index contributed by atoms with van der Waals surface area (Å²) in [6.45, 7) is 13.9. The highest BCUT2D eigenvalue weighted by Gasteiger charge is 2.67. The van der Waals surface area contributed by atoms with Crippen molar-refractivity contribution in [1.82, 2.24) is 0 Å². The van der Waals surface area contributed by atoms with Crippen LogP contribution >= 0.6 is 0 Å². The number of Topliss-reactive ketones (excluding diaryl/α,β-unsaturated/α-hetero) is 1. The number of ether oxygens (including phenoxy) is 1. The molecule has 4 aliphatic carbocycles. The molecule has 6 rings (SSSR count). The van der Waals surface area contributed by atoms with Gasteiger partial charge in [0.05, 0.1) is 0 Å². The standard InChI is InChI=1S/C36H50O4/c1-22(2)20-24-21-36(39,32(38)40-24)27-14-13-26-25(27)12-15-30-34(26,5)19-17-29-33(3,4)28(16-18-35(29,30)6)31(37)23-10-8-7-9-11-23/h7-11,20,24-30,39H,12-19,21H2,1-6H3/t24-,25+,26-,27+,28-,29+,30+,34+,35+,36+/m1/s1. The molecule has 10 atom stereocenters. The number of ketones is 1. The zero-order chi connectivity index (χ0) is 28.7. The SMILES string of the molecule is CC(C)=C[C@@H]1C[C@](O)([C@H]2CC[C@@H]3[C@@H]2CC[C@H]2[C@@]3(C)CC[C@H]3C(C)(C)[C@@H](C(=O)c4ccccc4)CC[C@]23C)C(=O)O1. The molecule has 1 heterocycles. The summed E-state index contributed by atoms with van der Waals surface area (Å²) < 4.78 is 5.69. The first-order chi connectivity index (χ1) is 18.8. The first kappa shape index (κ1) is 28.2. The molecule has 1 aliphatic heterocycles. The Morgan fingerprint density at radius 1 is 0.875 bits per heavy atom. The number of hydrogen-bond acceptors (Lipinski definition) is 4. The molecule has 0 aromatic heterocycles. The number of carbonyl (C=O) groups excluding carboxylic acids is 2. The third-order valence-electron chi connectivity index (χ3n) is 13.2. The van der Waals surface area contributed by atoms with Crippen molar-refractivity contribution in [3.63, 3.8) is 0 Å². The highest BCUT2D eigenvalue weighted by molar-refractivity contribution is 5.98. The van der Waals surface area contributed by atoms with Crippen LogP contribution in [0.5, 0.6) is 0 Å². The molecular weight excluding hydrogens is 496 g/mol. The molecule has 1 saturated heterocycles. The van der Waals surface area contributed by atoms with Gasteiger partial charge in [-0.15, -0.1) is 0 Å². The number of esters is 1. The zero-order valence-electron chi connectivity index (χ0n) is 25.5. The van der Waals surface area contributed by atoms with E-state index in [0.717, 1.165) is 56.1 Å². The van der Waals surface area contributed by atoms with Crippen molar-refractivity contribution in [2.24, 2.45) is 51.8 Å². The van der Waals surface area contributed by atoms with Crippen molar-refractivity contribution in [1.29, 1.82) is 0 Å². The monoisotopic (exact) mass is 546 g/mol. The van der Waals surface area contributed by atoms with Gasteiger partial charge < -0.3 is 9.84 Å². The Morgan fingerprint density at radius 3 is 2.25 bits per heavy atom. The lowest BCUT2D eigenvalue weighted by atomic mass is 9.37. The lowest BCUT2D eigenvalue weighted by Crippen LogP contribution is -2.61. The Labute approximate surface area is 241 Å². The molecule has 4 saturated carbocycles. The van der Waals surface area contributed by atoms with Gasteiger partial charge in [0.1, 0.15) is 6.10 Å². The Bertz CT molecular complexity index is 1200. The third-order valence-corrected chi connectivity index (χ3v) is 13.2. The fraction of sp³-hybridized carbons (Fsp3) is 0.722. The van der Waals surface area contributed by atoms with Gasteiger partial charge in [-0.1, -0.05) is 63.6 Å². The summed E-state index contributed by atoms with van der Waals surface area (Å²) >= 11 is 0. The van der Waals surface area contributed by atoms with Crippen LogP contribution in [0.2, 0.25) is 0 Å². The van der Waals surface area contributed by atoms with E-state index in [1.54, 1.807) is 0 Å². The van der Waals surface area contributed by atoms with Gasteiger partial charge in [0.2, 0.25) is 0 Å². The summed E-state index contributed by atoms with van der Waals surface area (Å²) in [6.07, 6.45) is 10.8. The number of cyclic esters (lactones) is 1. The molecule has 0 amide bonds. The minimum absolute atomic E-state index is 0.000428. The molecule has 0 spiro atoms. The van der Waals surface area contributed by atoms with Crippen LogP contribution in [-0.4, -0.2) is 28.6 Å². The van der Waals surface area contributed by atoms with Gasteiger partial charge in [-0.2, -0.15) is 0 Å². The van der Waals surface area contributed by atoms with Crippen LogP contribution in [-0.2, 0) is 9.53 Å². The minimum Gasteiger partial charge on any atom is -0.456 e. The van der Waals surface area contributed by atoms with E-state index in [-0.39, 0.29) is 34.2 Å². The average molecular weight is 547 g/mol. The van der Waals surface area contributed by atoms with Crippen molar-refractivity contribution in [2.45, 2.75) is 111 Å². The largest absolute Gasteiger partial charge is 0.456 e. The van der Waals surface area contributed by atoms with E-state index in [1.165, 1.54) is 6.42 Å². The van der Waals surface area contributed by atoms with Gasteiger partial charge in [0.15, 0.2) is 11.4 Å². The molecule has 1 N–H and O–H groups in total. The highest BCUT2D eigenvalue weighted by atomic mass is 16.6. The summed E-state index contributed by atoms with van der Waals surface area (Å²) in [5.41, 5.74) is 1.01. The van der Waals surface area contributed by atoms with E-state index in [9.17, 15) is 14.7 Å². The molecule has 40 heavy (non-hydrogen) atoms. The average Bonchev–Trinajstić information content (AvgIpc) is 3.45. The highest BCUT2D eigenvalue weighted by Crippen LogP contribution is 2.72. The molecule has 0 bridgehead atoms. The number of benzene rings is 1. The van der Waals surface area contributed by atoms with Gasteiger partial charge in [0.25, 0.3) is 0 Å². The molecule has 5 fully saturated rings. The maximum absolute atomic E-state index is 13.7. The van der Waals surface area contributed by atoms with E-state index in [0.29, 0.717) is 35.9 Å². The second kappa shape index (κ2) is 9.54. The van der Waals surface area contributed by atoms with Gasteiger partial charge in [-0.3, -0.25) is 4.79 Å². The number of aliphatic hydroxyl groups is 1. The summed E-state index contributed by atoms with van der Waals surface area (Å²) in [5, 5.41) is 11.8. The van der Waals surface area contributed by atoms with E-state index in [1.807, 2.05) is 50.3 Å². The van der Waals surface area contributed by atoms with Crippen LogP contribution in [0.1, 0.15) is 110 Å². The van der Waals surface area contributed by atoms with Crippen LogP contribution in [0, 0.1) is 51.8 Å². The second-order valence-corrected chi connectivity index (χ2v) is 15.6. The zero-order valence-corrected chi connectivity index (χ0v) is 25.5. The first-order valence-electron chi connectivity index (χ1n) is 16.0. The van der Waals surface area contributed by atoms with Crippen LogP contribution in [0.3, 0.4) is 0 Å². The van der Waals surface area contributed by atoms with E-state index in [2.05, 4.69) is 27.7 Å². The predicted octanol–water partition coefficient (Wildman–Crippen LogP) is 7.79. The van der Waals surface area contributed by atoms with Crippen LogP contribution in [0.15, 0.2) is 42.0 Å². The number of allylic oxidation sites excluding steroid dienone is 1. The number of carbonyl (C=O) groups is 2. The molecule has 4 heteroatoms. The Morgan fingerprint density at radius 2 is 1.55 bits per heavy atom. The van der Waals surface area contributed by atoms with Gasteiger partial charge in [-0.05, 0) is 111 Å². The lowest BCUT2D eigenvalue weighted by molar-refractivity contribution is -0.187. The summed E-state index contributed by atoms with van der Waals surface area (Å²) in [6, 6.07) is 9.92. The lowest BCUT2D eigenvalue weighted by Gasteiger charge is -2.67. The third kappa shape index (κ3) is 4.02. The molecular formula is C36H50O4. The summed E-state index contributed by atoms with van der Waals surface area (Å²) in [5.74, 6) is 2.07. The van der Waals surface area contributed by atoms with Gasteiger partial charge in [0, 0.05) is 23.8 Å². The van der Waals surface area contributed by atoms with Crippen molar-refractivity contribution < 1.29 is 19.4 Å². The fourth-order valence-electron chi connectivity index (χ4n) is 11.7. The van der Waals surface area contributed by atoms with Gasteiger partial charge in [-0.25, -0.2) is 4.79 Å². The maximum atomic E-state index is 13.7. The summed E-state index contributed by atoms with van der Waals surface area (Å²) in [7, 11) is 0. The number of hydrogen-bond donors (Lipinski definition) is 1. The molecule has 218 valence electrons. The second-order valence-electron chi connectivity index (χ2n) is 15.6. The van der Waals surface area contributed by atoms with Crippen molar-refractivity contribution in [2.75, 3.05) is 0 Å². The molecule has 0 unspecified atom stereocenters. The quantitative estimate of drug-likeness (QED) is 0.238. The molecule has 4 nitrogen and oxygen atoms in total. The molecule has 1 aromatic rings. The van der Waals surface area contributed by atoms with E-state index in [4.69, 9.17) is 4.74 Å². The molecule has 5 aliphatic rings. The Kier molecular flexibility index (Phi) is 6.73. The van der Waals surface area contributed by atoms with Crippen LogP contribution in [0.25, 0.3) is 0 Å². The fourth-order valence-corrected chi connectivity index (χ4v) is 11.7. The topological polar surface area (TPSA) is 63.6 Å². The smallest absolute Gasteiger partial charge is 0.339 e. The number of fused-ring (bicyclic) bond motifs is 5. The predicted molar refractivity (Wildman–Crippen MR) is 158 cm³/mol. The normalized spacial score (nSPS) is 45.6. The van der Waals surface area contributed by atoms with Gasteiger partial charge >= 0.3 is 5.97 Å². The van der Waals surface area contributed by atoms with Crippen LogP contribution < -0.4 is 0 Å². The van der Waals surface area contributed by atoms with E-state index < -0.39 is 11.6 Å². The van der Waals surface area contributed by atoms with Crippen molar-refractivity contribution in [3.8, 4) is 0 Å². The number of rotatable bonds is 4. The summed E-state index contributed by atoms with van der Waals surface area (Å²) in [4.78, 5) is 26.8. The van der Waals surface area contributed by atoms with Crippen molar-refractivity contribution >= 4 is 11.8 Å².